The van der Waals surface area contributed by atoms with Crippen LogP contribution in [-0.2, 0) is 17.6 Å². The zero-order valence-electron chi connectivity index (χ0n) is 13.5. The van der Waals surface area contributed by atoms with E-state index in [1.165, 1.54) is 24.3 Å². The summed E-state index contributed by atoms with van der Waals surface area (Å²) in [6.45, 7) is -0.0573. The van der Waals surface area contributed by atoms with Gasteiger partial charge in [-0.1, -0.05) is 12.1 Å². The fourth-order valence-corrected chi connectivity index (χ4v) is 2.95. The van der Waals surface area contributed by atoms with E-state index in [4.69, 9.17) is 4.74 Å². The van der Waals surface area contributed by atoms with Crippen LogP contribution in [0.2, 0.25) is 0 Å². The van der Waals surface area contributed by atoms with Gasteiger partial charge in [-0.2, -0.15) is 13.2 Å². The maximum atomic E-state index is 13.5. The summed E-state index contributed by atoms with van der Waals surface area (Å²) in [7, 11) is 0. The van der Waals surface area contributed by atoms with E-state index >= 15 is 0 Å². The van der Waals surface area contributed by atoms with Crippen molar-refractivity contribution in [3.8, 4) is 5.75 Å². The maximum absolute atomic E-state index is 13.5. The Balaban J connectivity index is 1.78. The molecule has 1 aliphatic heterocycles. The smallest absolute Gasteiger partial charge is 0.416 e. The molecule has 1 N–H and O–H groups in total. The van der Waals surface area contributed by atoms with Crippen LogP contribution in [0.1, 0.15) is 16.7 Å². The summed E-state index contributed by atoms with van der Waals surface area (Å²) in [5.41, 5.74) is -0.0595. The normalized spacial score (nSPS) is 15.9. The van der Waals surface area contributed by atoms with E-state index in [0.29, 0.717) is 17.3 Å². The summed E-state index contributed by atoms with van der Waals surface area (Å²) in [5.74, 6) is -0.946. The minimum Gasteiger partial charge on any atom is -0.488 e. The first-order valence-electron chi connectivity index (χ1n) is 7.56. The SMILES string of the molecule is O=C1NC(=O)/C(=C/c2cc(F)ccc2OCc2ccc(C(F)(F)F)cc2)S1. The summed E-state index contributed by atoms with van der Waals surface area (Å²) in [4.78, 5) is 22.9. The van der Waals surface area contributed by atoms with Crippen LogP contribution in [0.4, 0.5) is 22.4 Å². The van der Waals surface area contributed by atoms with E-state index in [9.17, 15) is 27.2 Å². The van der Waals surface area contributed by atoms with Crippen LogP contribution in [0.25, 0.3) is 6.08 Å². The molecule has 9 heteroatoms. The fourth-order valence-electron chi connectivity index (χ4n) is 2.28. The van der Waals surface area contributed by atoms with Gasteiger partial charge >= 0.3 is 6.18 Å². The minimum absolute atomic E-state index is 0.0573. The van der Waals surface area contributed by atoms with E-state index in [1.54, 1.807) is 0 Å². The minimum atomic E-state index is -4.42. The van der Waals surface area contributed by atoms with Gasteiger partial charge in [0.1, 0.15) is 18.2 Å². The molecule has 0 unspecified atom stereocenters. The molecule has 0 aromatic heterocycles. The maximum Gasteiger partial charge on any atom is 0.416 e. The molecule has 1 aliphatic rings. The van der Waals surface area contributed by atoms with Crippen molar-refractivity contribution >= 4 is 29.0 Å². The zero-order chi connectivity index (χ0) is 19.6. The second-order valence-electron chi connectivity index (χ2n) is 5.52. The highest BCUT2D eigenvalue weighted by atomic mass is 32.2. The Bertz CT molecular complexity index is 923. The lowest BCUT2D eigenvalue weighted by molar-refractivity contribution is -0.137. The second kappa shape index (κ2) is 7.43. The molecular weight excluding hydrogens is 386 g/mol. The van der Waals surface area contributed by atoms with Gasteiger partial charge in [-0.15, -0.1) is 0 Å². The van der Waals surface area contributed by atoms with Gasteiger partial charge in [0.2, 0.25) is 0 Å². The molecule has 4 nitrogen and oxygen atoms in total. The number of ether oxygens (including phenoxy) is 1. The molecule has 140 valence electrons. The first-order chi connectivity index (χ1) is 12.7. The van der Waals surface area contributed by atoms with Crippen LogP contribution in [0, 0.1) is 5.82 Å². The zero-order valence-corrected chi connectivity index (χ0v) is 14.3. The van der Waals surface area contributed by atoms with E-state index < -0.39 is 28.7 Å². The van der Waals surface area contributed by atoms with Gasteiger partial charge in [-0.3, -0.25) is 14.9 Å². The Morgan fingerprint density at radius 1 is 1.07 bits per heavy atom. The molecule has 2 aromatic carbocycles. The Morgan fingerprint density at radius 2 is 1.78 bits per heavy atom. The number of nitrogens with one attached hydrogen (secondary N) is 1. The van der Waals surface area contributed by atoms with Crippen LogP contribution >= 0.6 is 11.8 Å². The number of rotatable bonds is 4. The monoisotopic (exact) mass is 397 g/mol. The van der Waals surface area contributed by atoms with Crippen LogP contribution in [0.15, 0.2) is 47.4 Å². The molecule has 0 bridgehead atoms. The van der Waals surface area contributed by atoms with Gasteiger partial charge in [-0.25, -0.2) is 4.39 Å². The lowest BCUT2D eigenvalue weighted by Gasteiger charge is -2.11. The highest BCUT2D eigenvalue weighted by Gasteiger charge is 2.30. The number of carbonyl (C=O) groups is 2. The molecular formula is C18H11F4NO3S. The van der Waals surface area contributed by atoms with Gasteiger partial charge in [0.25, 0.3) is 11.1 Å². The van der Waals surface area contributed by atoms with Gasteiger partial charge in [0, 0.05) is 5.56 Å². The van der Waals surface area contributed by atoms with Gasteiger partial charge in [0.05, 0.1) is 10.5 Å². The summed E-state index contributed by atoms with van der Waals surface area (Å²) < 4.78 is 56.9. The highest BCUT2D eigenvalue weighted by Crippen LogP contribution is 2.31. The van der Waals surface area contributed by atoms with Crippen molar-refractivity contribution in [2.45, 2.75) is 12.8 Å². The van der Waals surface area contributed by atoms with E-state index in [1.807, 2.05) is 0 Å². The lowest BCUT2D eigenvalue weighted by Crippen LogP contribution is -2.17. The summed E-state index contributed by atoms with van der Waals surface area (Å²) >= 11 is 0.678. The van der Waals surface area contributed by atoms with Crippen LogP contribution < -0.4 is 10.1 Å². The Hall–Kier alpha value is -2.81. The number of carbonyl (C=O) groups excluding carboxylic acids is 2. The van der Waals surface area contributed by atoms with Crippen molar-refractivity contribution in [1.29, 1.82) is 0 Å². The third kappa shape index (κ3) is 4.68. The van der Waals surface area contributed by atoms with Crippen LogP contribution in [-0.4, -0.2) is 11.1 Å². The van der Waals surface area contributed by atoms with Crippen molar-refractivity contribution in [2.24, 2.45) is 0 Å². The average Bonchev–Trinajstić information content (AvgIpc) is 2.91. The molecule has 0 atom stereocenters. The van der Waals surface area contributed by atoms with Crippen molar-refractivity contribution in [2.75, 3.05) is 0 Å². The molecule has 3 rings (SSSR count). The molecule has 2 aromatic rings. The Kier molecular flexibility index (Phi) is 5.22. The molecule has 1 heterocycles. The highest BCUT2D eigenvalue weighted by molar-refractivity contribution is 8.18. The number of amides is 2. The third-order valence-corrected chi connectivity index (χ3v) is 4.39. The number of alkyl halides is 3. The molecule has 0 spiro atoms. The molecule has 2 amide bonds. The standard InChI is InChI=1S/C18H11F4NO3S/c19-13-5-6-14(11(7-13)8-15-16(24)23-17(25)27-15)26-9-10-1-3-12(4-2-10)18(20,21)22/h1-8H,9H2,(H,23,24,25)/b15-8-. The first-order valence-corrected chi connectivity index (χ1v) is 8.37. The van der Waals surface area contributed by atoms with Crippen LogP contribution in [0.5, 0.6) is 5.75 Å². The summed E-state index contributed by atoms with van der Waals surface area (Å²) in [5, 5.41) is 1.55. The molecule has 1 saturated heterocycles. The Labute approximate surface area is 155 Å². The van der Waals surface area contributed by atoms with Crippen molar-refractivity contribution in [3.63, 3.8) is 0 Å². The first kappa shape index (κ1) is 19.0. The van der Waals surface area contributed by atoms with Crippen molar-refractivity contribution in [1.82, 2.24) is 5.32 Å². The van der Waals surface area contributed by atoms with Gasteiger partial charge < -0.3 is 4.74 Å². The van der Waals surface area contributed by atoms with E-state index in [0.717, 1.165) is 24.3 Å². The number of hydrogen-bond donors (Lipinski definition) is 1. The van der Waals surface area contributed by atoms with Crippen LogP contribution in [0.3, 0.4) is 0 Å². The summed E-state index contributed by atoms with van der Waals surface area (Å²) in [6.07, 6.45) is -3.11. The topological polar surface area (TPSA) is 55.4 Å². The molecule has 27 heavy (non-hydrogen) atoms. The third-order valence-electron chi connectivity index (χ3n) is 3.58. The molecule has 0 radical (unpaired) electrons. The molecule has 1 fully saturated rings. The predicted molar refractivity (Wildman–Crippen MR) is 91.3 cm³/mol. The van der Waals surface area contributed by atoms with Gasteiger partial charge in [0.15, 0.2) is 0 Å². The molecule has 0 aliphatic carbocycles. The van der Waals surface area contributed by atoms with Crippen molar-refractivity contribution in [3.05, 3.63) is 69.9 Å². The lowest BCUT2D eigenvalue weighted by atomic mass is 10.1. The van der Waals surface area contributed by atoms with E-state index in [-0.39, 0.29) is 22.8 Å². The number of hydrogen-bond acceptors (Lipinski definition) is 4. The number of thioether (sulfide) groups is 1. The Morgan fingerprint density at radius 3 is 2.37 bits per heavy atom. The van der Waals surface area contributed by atoms with Crippen molar-refractivity contribution < 1.29 is 31.9 Å². The second-order valence-corrected chi connectivity index (χ2v) is 6.53. The number of imide groups is 1. The average molecular weight is 397 g/mol. The largest absolute Gasteiger partial charge is 0.488 e. The van der Waals surface area contributed by atoms with Gasteiger partial charge in [-0.05, 0) is 53.7 Å². The quantitative estimate of drug-likeness (QED) is 0.598. The number of benzene rings is 2. The molecule has 0 saturated carbocycles. The fraction of sp³-hybridized carbons (Fsp3) is 0.111. The van der Waals surface area contributed by atoms with E-state index in [2.05, 4.69) is 5.32 Å². The summed E-state index contributed by atoms with van der Waals surface area (Å²) in [6, 6.07) is 8.07. The predicted octanol–water partition coefficient (Wildman–Crippen LogP) is 4.75. The number of halogens is 4.